The van der Waals surface area contributed by atoms with E-state index in [2.05, 4.69) is 0 Å². The van der Waals surface area contributed by atoms with Crippen LogP contribution in [0, 0.1) is 0 Å². The van der Waals surface area contributed by atoms with Gasteiger partial charge in [-0.05, 0) is 0 Å². The van der Waals surface area contributed by atoms with Crippen LogP contribution in [0.15, 0.2) is 0 Å². The van der Waals surface area contributed by atoms with Crippen LogP contribution < -0.4 is 0 Å². The van der Waals surface area contributed by atoms with E-state index in [0.717, 1.165) is 0 Å². The van der Waals surface area contributed by atoms with Crippen LogP contribution in [0.25, 0.3) is 0 Å². The third-order valence-corrected chi connectivity index (χ3v) is 3.13. The molecule has 0 aromatic rings. The molecule has 0 aromatic heterocycles. The number of imide groups is 1. The van der Waals surface area contributed by atoms with E-state index in [1.807, 2.05) is 4.90 Å². The van der Waals surface area contributed by atoms with Crippen LogP contribution >= 0.6 is 0 Å². The Morgan fingerprint density at radius 3 is 2.00 bits per heavy atom. The summed E-state index contributed by atoms with van der Waals surface area (Å²) >= 11 is 0. The molecule has 0 radical (unpaired) electrons. The maximum Gasteiger partial charge on any atom is 0.229 e. The van der Waals surface area contributed by atoms with Crippen molar-refractivity contribution < 1.29 is 19.8 Å². The van der Waals surface area contributed by atoms with Gasteiger partial charge in [0.25, 0.3) is 0 Å². The van der Waals surface area contributed by atoms with Crippen molar-refractivity contribution in [3.05, 3.63) is 0 Å². The fourth-order valence-electron chi connectivity index (χ4n) is 2.14. The molecule has 2 aliphatic heterocycles. The Balaban J connectivity index is 1.80. The Morgan fingerprint density at radius 2 is 1.50 bits per heavy atom. The second-order valence-corrected chi connectivity index (χ2v) is 4.33. The predicted octanol–water partition coefficient (Wildman–Crippen LogP) is -1.83. The van der Waals surface area contributed by atoms with E-state index in [0.29, 0.717) is 39.0 Å². The molecule has 90 valence electrons. The lowest BCUT2D eigenvalue weighted by atomic mass is 10.3. The fourth-order valence-corrected chi connectivity index (χ4v) is 2.14. The maximum atomic E-state index is 11.3. The van der Waals surface area contributed by atoms with E-state index in [9.17, 15) is 19.8 Å². The minimum Gasteiger partial charge on any atom is -0.389 e. The highest BCUT2D eigenvalue weighted by Gasteiger charge is 2.32. The largest absolute Gasteiger partial charge is 0.389 e. The monoisotopic (exact) mass is 228 g/mol. The van der Waals surface area contributed by atoms with Gasteiger partial charge in [-0.3, -0.25) is 19.4 Å². The molecule has 2 fully saturated rings. The zero-order chi connectivity index (χ0) is 11.7. The van der Waals surface area contributed by atoms with Crippen molar-refractivity contribution in [2.24, 2.45) is 0 Å². The van der Waals surface area contributed by atoms with Gasteiger partial charge in [0, 0.05) is 39.0 Å². The Kier molecular flexibility index (Phi) is 3.22. The molecule has 2 atom stereocenters. The second kappa shape index (κ2) is 4.48. The zero-order valence-electron chi connectivity index (χ0n) is 9.00. The van der Waals surface area contributed by atoms with Gasteiger partial charge in [0.2, 0.25) is 11.8 Å². The first kappa shape index (κ1) is 11.5. The summed E-state index contributed by atoms with van der Waals surface area (Å²) in [5, 5.41) is 18.6. The van der Waals surface area contributed by atoms with Gasteiger partial charge < -0.3 is 10.2 Å². The van der Waals surface area contributed by atoms with Gasteiger partial charge >= 0.3 is 0 Å². The Hall–Kier alpha value is -0.980. The number of β-amino-alcohol motifs (C(OH)–C–C–N with tert-alkyl or cyclic N) is 2. The topological polar surface area (TPSA) is 81.1 Å². The molecule has 0 aliphatic carbocycles. The number of nitrogens with zero attached hydrogens (tertiary/aromatic N) is 2. The summed E-state index contributed by atoms with van der Waals surface area (Å²) in [5.74, 6) is -0.240. The third kappa shape index (κ3) is 2.23. The number of aliphatic hydroxyl groups is 2. The standard InChI is InChI=1S/C10H16N2O4/c13-7-5-11(6-8(7)14)3-4-12-9(15)1-2-10(12)16/h7-8,13-14H,1-6H2/t7-,8+. The number of hydrogen-bond acceptors (Lipinski definition) is 5. The van der Waals surface area contributed by atoms with Crippen molar-refractivity contribution in [1.29, 1.82) is 0 Å². The van der Waals surface area contributed by atoms with Crippen LogP contribution in [0.1, 0.15) is 12.8 Å². The van der Waals surface area contributed by atoms with E-state index < -0.39 is 12.2 Å². The first-order valence-electron chi connectivity index (χ1n) is 5.49. The lowest BCUT2D eigenvalue weighted by Gasteiger charge is -2.19. The molecule has 6 nitrogen and oxygen atoms in total. The van der Waals surface area contributed by atoms with Crippen molar-refractivity contribution in [3.8, 4) is 0 Å². The highest BCUT2D eigenvalue weighted by Crippen LogP contribution is 2.13. The summed E-state index contributed by atoms with van der Waals surface area (Å²) in [6.45, 7) is 1.68. The SMILES string of the molecule is O=C1CCC(=O)N1CCN1C[C@@H](O)[C@@H](O)C1. The molecule has 0 saturated carbocycles. The van der Waals surface area contributed by atoms with E-state index >= 15 is 0 Å². The van der Waals surface area contributed by atoms with Crippen LogP contribution in [0.2, 0.25) is 0 Å². The molecule has 2 saturated heterocycles. The molecule has 0 unspecified atom stereocenters. The van der Waals surface area contributed by atoms with Crippen molar-refractivity contribution >= 4 is 11.8 Å². The van der Waals surface area contributed by atoms with Crippen molar-refractivity contribution in [3.63, 3.8) is 0 Å². The summed E-state index contributed by atoms with van der Waals surface area (Å²) in [5.41, 5.74) is 0. The number of aliphatic hydroxyl groups excluding tert-OH is 2. The quantitative estimate of drug-likeness (QED) is 0.555. The molecule has 2 N–H and O–H groups in total. The molecule has 2 rings (SSSR count). The molecule has 16 heavy (non-hydrogen) atoms. The second-order valence-electron chi connectivity index (χ2n) is 4.33. The lowest BCUT2D eigenvalue weighted by Crippen LogP contribution is -2.37. The van der Waals surface area contributed by atoms with Gasteiger partial charge in [-0.1, -0.05) is 0 Å². The number of likely N-dealkylation sites (tertiary alicyclic amines) is 2. The molecule has 0 spiro atoms. The van der Waals surface area contributed by atoms with Gasteiger partial charge in [0.05, 0.1) is 12.2 Å². The summed E-state index contributed by atoms with van der Waals surface area (Å²) in [6, 6.07) is 0. The highest BCUT2D eigenvalue weighted by molar-refractivity contribution is 6.01. The smallest absolute Gasteiger partial charge is 0.229 e. The molecule has 2 aliphatic rings. The lowest BCUT2D eigenvalue weighted by molar-refractivity contribution is -0.138. The van der Waals surface area contributed by atoms with Gasteiger partial charge in [-0.25, -0.2) is 0 Å². The van der Waals surface area contributed by atoms with Gasteiger partial charge in [-0.2, -0.15) is 0 Å². The molecule has 6 heteroatoms. The Bertz CT molecular complexity index is 281. The first-order valence-corrected chi connectivity index (χ1v) is 5.49. The Morgan fingerprint density at radius 1 is 1.00 bits per heavy atom. The van der Waals surface area contributed by atoms with Gasteiger partial charge in [0.15, 0.2) is 0 Å². The summed E-state index contributed by atoms with van der Waals surface area (Å²) in [4.78, 5) is 25.7. The average molecular weight is 228 g/mol. The summed E-state index contributed by atoms with van der Waals surface area (Å²) in [7, 11) is 0. The highest BCUT2D eigenvalue weighted by atomic mass is 16.3. The fraction of sp³-hybridized carbons (Fsp3) is 0.800. The zero-order valence-corrected chi connectivity index (χ0v) is 9.00. The van der Waals surface area contributed by atoms with Crippen LogP contribution in [-0.2, 0) is 9.59 Å². The van der Waals surface area contributed by atoms with Crippen molar-refractivity contribution in [1.82, 2.24) is 9.80 Å². The molecular weight excluding hydrogens is 212 g/mol. The number of carbonyl (C=O) groups excluding carboxylic acids is 2. The van der Waals surface area contributed by atoms with Crippen molar-refractivity contribution in [2.45, 2.75) is 25.0 Å². The summed E-state index contributed by atoms with van der Waals surface area (Å²) < 4.78 is 0. The predicted molar refractivity (Wildman–Crippen MR) is 54.4 cm³/mol. The molecular formula is C10H16N2O4. The molecule has 0 aromatic carbocycles. The van der Waals surface area contributed by atoms with Crippen molar-refractivity contribution in [2.75, 3.05) is 26.2 Å². The molecule has 0 bridgehead atoms. The average Bonchev–Trinajstić information content (AvgIpc) is 2.70. The van der Waals surface area contributed by atoms with Crippen LogP contribution in [0.3, 0.4) is 0 Å². The van der Waals surface area contributed by atoms with E-state index in [4.69, 9.17) is 0 Å². The molecule has 2 amide bonds. The number of hydrogen-bond donors (Lipinski definition) is 2. The minimum atomic E-state index is -0.718. The third-order valence-electron chi connectivity index (χ3n) is 3.13. The van der Waals surface area contributed by atoms with Crippen LogP contribution in [-0.4, -0.2) is 70.2 Å². The van der Waals surface area contributed by atoms with Crippen LogP contribution in [0.5, 0.6) is 0 Å². The van der Waals surface area contributed by atoms with Gasteiger partial charge in [0.1, 0.15) is 0 Å². The van der Waals surface area contributed by atoms with E-state index in [1.165, 1.54) is 4.90 Å². The first-order chi connectivity index (χ1) is 7.58. The normalized spacial score (nSPS) is 31.8. The molecule has 2 heterocycles. The number of carbonyl (C=O) groups is 2. The van der Waals surface area contributed by atoms with E-state index in [1.54, 1.807) is 0 Å². The minimum absolute atomic E-state index is 0.120. The summed E-state index contributed by atoms with van der Waals surface area (Å²) in [6.07, 6.45) is -0.816. The number of rotatable bonds is 3. The maximum absolute atomic E-state index is 11.3. The van der Waals surface area contributed by atoms with Crippen LogP contribution in [0.4, 0.5) is 0 Å². The number of amides is 2. The Labute approximate surface area is 93.4 Å². The van der Waals surface area contributed by atoms with E-state index in [-0.39, 0.29) is 11.8 Å². The van der Waals surface area contributed by atoms with Gasteiger partial charge in [-0.15, -0.1) is 0 Å².